The largest absolute Gasteiger partial charge is 0.491 e. The lowest BCUT2D eigenvalue weighted by Crippen LogP contribution is -2.44. The zero-order valence-electron chi connectivity index (χ0n) is 19.3. The Labute approximate surface area is 200 Å². The van der Waals surface area contributed by atoms with E-state index >= 15 is 0 Å². The third kappa shape index (κ3) is 5.42. The molecule has 186 valence electrons. The predicted octanol–water partition coefficient (Wildman–Crippen LogP) is 7.62. The summed E-state index contributed by atoms with van der Waals surface area (Å²) in [5, 5.41) is 0. The second-order valence-electron chi connectivity index (χ2n) is 8.56. The van der Waals surface area contributed by atoms with Crippen LogP contribution >= 0.6 is 0 Å². The molecule has 1 aliphatic heterocycles. The van der Waals surface area contributed by atoms with Crippen molar-refractivity contribution in [1.29, 1.82) is 0 Å². The van der Waals surface area contributed by atoms with Gasteiger partial charge < -0.3 is 14.2 Å². The van der Waals surface area contributed by atoms with Crippen molar-refractivity contribution in [2.75, 3.05) is 13.2 Å². The fourth-order valence-corrected chi connectivity index (χ4v) is 4.02. The van der Waals surface area contributed by atoms with Crippen LogP contribution in [0.25, 0.3) is 22.3 Å². The summed E-state index contributed by atoms with van der Waals surface area (Å²) < 4.78 is 87.5. The van der Waals surface area contributed by atoms with E-state index in [4.69, 9.17) is 14.2 Å². The van der Waals surface area contributed by atoms with Gasteiger partial charge in [0, 0.05) is 17.2 Å². The summed E-state index contributed by atoms with van der Waals surface area (Å²) in [5.41, 5.74) is 0.993. The highest BCUT2D eigenvalue weighted by Gasteiger charge is 2.45. The summed E-state index contributed by atoms with van der Waals surface area (Å²) in [6, 6.07) is 12.3. The van der Waals surface area contributed by atoms with E-state index in [0.29, 0.717) is 17.5 Å². The van der Waals surface area contributed by atoms with E-state index in [0.717, 1.165) is 6.07 Å². The van der Waals surface area contributed by atoms with Crippen LogP contribution in [0.4, 0.5) is 22.0 Å². The molecule has 0 radical (unpaired) electrons. The van der Waals surface area contributed by atoms with Crippen molar-refractivity contribution in [1.82, 2.24) is 0 Å². The van der Waals surface area contributed by atoms with Crippen LogP contribution in [0.2, 0.25) is 0 Å². The summed E-state index contributed by atoms with van der Waals surface area (Å²) in [4.78, 5) is 0. The predicted molar refractivity (Wildman–Crippen MR) is 122 cm³/mol. The molecule has 1 heterocycles. The van der Waals surface area contributed by atoms with Crippen LogP contribution in [0.5, 0.6) is 11.5 Å². The van der Waals surface area contributed by atoms with E-state index in [1.54, 1.807) is 6.92 Å². The Bertz CT molecular complexity index is 1170. The van der Waals surface area contributed by atoms with E-state index in [2.05, 4.69) is 0 Å². The summed E-state index contributed by atoms with van der Waals surface area (Å²) >= 11 is 0. The molecule has 35 heavy (non-hydrogen) atoms. The van der Waals surface area contributed by atoms with Gasteiger partial charge in [0.1, 0.15) is 11.6 Å². The minimum absolute atomic E-state index is 0.0308. The molecular formula is C27H25F5O3. The first-order valence-corrected chi connectivity index (χ1v) is 11.4. The number of ether oxygens (including phenoxy) is 3. The minimum atomic E-state index is -3.59. The van der Waals surface area contributed by atoms with Crippen molar-refractivity contribution >= 4 is 0 Å². The van der Waals surface area contributed by atoms with Gasteiger partial charge in [-0.1, -0.05) is 31.2 Å². The first kappa shape index (κ1) is 25.0. The lowest BCUT2D eigenvalue weighted by Gasteiger charge is -2.32. The van der Waals surface area contributed by atoms with Crippen LogP contribution in [0.3, 0.4) is 0 Å². The van der Waals surface area contributed by atoms with E-state index < -0.39 is 29.7 Å². The molecule has 1 fully saturated rings. The molecule has 3 aromatic rings. The number of rotatable bonds is 7. The van der Waals surface area contributed by atoms with Crippen molar-refractivity contribution in [3.05, 3.63) is 72.0 Å². The maximum Gasteiger partial charge on any atom is 0.424 e. The van der Waals surface area contributed by atoms with Gasteiger partial charge in [0.15, 0.2) is 17.7 Å². The Morgan fingerprint density at radius 1 is 0.886 bits per heavy atom. The number of hydrogen-bond donors (Lipinski definition) is 0. The molecule has 0 N–H and O–H groups in total. The van der Waals surface area contributed by atoms with E-state index in [1.807, 2.05) is 6.92 Å². The molecule has 4 rings (SSSR count). The topological polar surface area (TPSA) is 27.7 Å². The normalized spacial score (nSPS) is 18.4. The molecular weight excluding hydrogens is 467 g/mol. The van der Waals surface area contributed by atoms with Gasteiger partial charge in [-0.15, -0.1) is 0 Å². The average molecular weight is 492 g/mol. The van der Waals surface area contributed by atoms with Crippen molar-refractivity contribution in [3.8, 4) is 33.8 Å². The van der Waals surface area contributed by atoms with Crippen LogP contribution in [-0.4, -0.2) is 25.4 Å². The molecule has 0 aliphatic carbocycles. The highest BCUT2D eigenvalue weighted by atomic mass is 19.3. The number of halogens is 5. The van der Waals surface area contributed by atoms with Crippen LogP contribution in [0.1, 0.15) is 26.7 Å². The Morgan fingerprint density at radius 2 is 1.54 bits per heavy atom. The van der Waals surface area contributed by atoms with Crippen molar-refractivity contribution in [2.45, 2.75) is 38.9 Å². The molecule has 0 saturated carbocycles. The summed E-state index contributed by atoms with van der Waals surface area (Å²) in [5.74, 6) is -3.18. The molecule has 0 aromatic heterocycles. The molecule has 2 unspecified atom stereocenters. The highest BCUT2D eigenvalue weighted by Crippen LogP contribution is 2.36. The monoisotopic (exact) mass is 492 g/mol. The number of alkyl halides is 2. The maximum atomic E-state index is 14.8. The Kier molecular flexibility index (Phi) is 7.31. The van der Waals surface area contributed by atoms with Gasteiger partial charge in [-0.25, -0.2) is 8.78 Å². The van der Waals surface area contributed by atoms with E-state index in [1.165, 1.54) is 48.5 Å². The molecule has 0 spiro atoms. The summed E-state index contributed by atoms with van der Waals surface area (Å²) in [7, 11) is 0. The van der Waals surface area contributed by atoms with Crippen LogP contribution in [-0.2, 0) is 4.74 Å². The quantitative estimate of drug-likeness (QED) is 0.318. The second-order valence-corrected chi connectivity index (χ2v) is 8.56. The zero-order valence-corrected chi connectivity index (χ0v) is 19.3. The average Bonchev–Trinajstić information content (AvgIpc) is 2.83. The smallest absolute Gasteiger partial charge is 0.424 e. The first-order valence-electron chi connectivity index (χ1n) is 11.4. The molecule has 0 bridgehead atoms. The van der Waals surface area contributed by atoms with E-state index in [9.17, 15) is 22.0 Å². The summed E-state index contributed by atoms with van der Waals surface area (Å²) in [6.45, 7) is 4.01. The fourth-order valence-electron chi connectivity index (χ4n) is 4.02. The van der Waals surface area contributed by atoms with E-state index in [-0.39, 0.29) is 48.2 Å². The van der Waals surface area contributed by atoms with Crippen molar-refractivity contribution < 1.29 is 36.2 Å². The molecule has 0 amide bonds. The molecule has 2 atom stereocenters. The van der Waals surface area contributed by atoms with Crippen LogP contribution in [0, 0.1) is 23.4 Å². The van der Waals surface area contributed by atoms with Crippen molar-refractivity contribution in [3.63, 3.8) is 0 Å². The lowest BCUT2D eigenvalue weighted by molar-refractivity contribution is -0.264. The molecule has 1 aliphatic rings. The third-order valence-corrected chi connectivity index (χ3v) is 5.93. The highest BCUT2D eigenvalue weighted by molar-refractivity contribution is 5.71. The van der Waals surface area contributed by atoms with Crippen LogP contribution < -0.4 is 9.47 Å². The fraction of sp³-hybridized carbons (Fsp3) is 0.333. The second kappa shape index (κ2) is 10.2. The third-order valence-electron chi connectivity index (χ3n) is 5.93. The Morgan fingerprint density at radius 3 is 2.14 bits per heavy atom. The van der Waals surface area contributed by atoms with Gasteiger partial charge >= 0.3 is 6.11 Å². The molecule has 8 heteroatoms. The van der Waals surface area contributed by atoms with Gasteiger partial charge in [-0.3, -0.25) is 0 Å². The minimum Gasteiger partial charge on any atom is -0.491 e. The molecule has 3 aromatic carbocycles. The number of benzene rings is 3. The van der Waals surface area contributed by atoms with Gasteiger partial charge in [0.25, 0.3) is 0 Å². The first-order chi connectivity index (χ1) is 16.7. The Balaban J connectivity index is 1.51. The lowest BCUT2D eigenvalue weighted by atomic mass is 9.99. The zero-order chi connectivity index (χ0) is 25.2. The van der Waals surface area contributed by atoms with Gasteiger partial charge in [0.05, 0.1) is 13.2 Å². The van der Waals surface area contributed by atoms with Gasteiger partial charge in [0.2, 0.25) is 5.82 Å². The maximum absolute atomic E-state index is 14.8. The summed E-state index contributed by atoms with van der Waals surface area (Å²) in [6.07, 6.45) is -4.23. The molecule has 1 saturated heterocycles. The Hall–Kier alpha value is -3.13. The van der Waals surface area contributed by atoms with Crippen LogP contribution in [0.15, 0.2) is 54.6 Å². The van der Waals surface area contributed by atoms with Gasteiger partial charge in [-0.05, 0) is 61.1 Å². The SMILES string of the molecule is CCOc1ccc(-c2ccc(-c3ccc(OC(F)(F)C4CCC(C)CO4)cc3F)cc2)c(F)c1F. The molecule has 3 nitrogen and oxygen atoms in total. The standard InChI is InChI=1S/C27H25F5O3/c1-3-33-23-12-11-21(25(29)26(23)30)18-7-5-17(6-8-18)20-10-9-19(14-22(20)28)35-27(31,32)24-13-4-16(2)15-34-24/h5-12,14,16,24H,3-4,13,15H2,1-2H3. The number of hydrogen-bond acceptors (Lipinski definition) is 3. The van der Waals surface area contributed by atoms with Crippen molar-refractivity contribution in [2.24, 2.45) is 5.92 Å². The van der Waals surface area contributed by atoms with Gasteiger partial charge in [-0.2, -0.15) is 13.2 Å².